The van der Waals surface area contributed by atoms with E-state index in [9.17, 15) is 4.79 Å². The summed E-state index contributed by atoms with van der Waals surface area (Å²) in [4.78, 5) is 14.5. The van der Waals surface area contributed by atoms with Crippen molar-refractivity contribution in [3.63, 3.8) is 0 Å². The van der Waals surface area contributed by atoms with Crippen molar-refractivity contribution in [3.8, 4) is 0 Å². The standard InChI is InChI=1S/C22H20NOPS2.ClHO4/c1-16(24)23-22(2)25(17-10-4-3-5-11-17,18-12-6-8-14-20(18)26)19-13-7-9-15-21(19)27-22;2-1(3,4)5/h3-15H,1-2H3,(H-,23,24,26);(H,2,3,4,5)/t22-,25?;/m1./s1. The van der Waals surface area contributed by atoms with Crippen LogP contribution in [0.15, 0.2) is 88.7 Å². The van der Waals surface area contributed by atoms with Gasteiger partial charge in [0, 0.05) is 18.7 Å². The molecule has 0 saturated heterocycles. The Bertz CT molecular complexity index is 1110. The lowest BCUT2D eigenvalue weighted by Crippen LogP contribution is -2.68. The van der Waals surface area contributed by atoms with Crippen LogP contribution in [-0.4, -0.2) is 10.5 Å². The molecule has 6 nitrogen and oxygen atoms in total. The van der Waals surface area contributed by atoms with Gasteiger partial charge in [-0.1, -0.05) is 54.2 Å². The van der Waals surface area contributed by atoms with E-state index in [2.05, 4.69) is 72.9 Å². The van der Waals surface area contributed by atoms with Gasteiger partial charge >= 0.3 is 0 Å². The molecule has 0 aliphatic carbocycles. The van der Waals surface area contributed by atoms with Crippen LogP contribution in [0, 0.1) is 10.2 Å². The maximum absolute atomic E-state index is 12.3. The molecule has 1 N–H and O–H groups in total. The zero-order valence-electron chi connectivity index (χ0n) is 17.2. The van der Waals surface area contributed by atoms with Crippen LogP contribution in [0.2, 0.25) is 0 Å². The van der Waals surface area contributed by atoms with Gasteiger partial charge in [-0.2, -0.15) is 0 Å². The van der Waals surface area contributed by atoms with Crippen molar-refractivity contribution >= 4 is 53.5 Å². The van der Waals surface area contributed by atoms with Crippen molar-refractivity contribution in [3.05, 3.63) is 78.9 Å². The van der Waals surface area contributed by atoms with Crippen LogP contribution in [0.4, 0.5) is 0 Å². The smallest absolute Gasteiger partial charge is 0.220 e. The second kappa shape index (κ2) is 9.71. The van der Waals surface area contributed by atoms with E-state index in [1.165, 1.54) is 20.8 Å². The van der Waals surface area contributed by atoms with Gasteiger partial charge in [-0.25, -0.2) is 18.6 Å². The number of fused-ring (bicyclic) bond motifs is 1. The summed E-state index contributed by atoms with van der Waals surface area (Å²) in [7, 11) is -7.14. The van der Waals surface area contributed by atoms with Crippen molar-refractivity contribution in [2.45, 2.75) is 28.3 Å². The number of nitrogens with one attached hydrogen (secondary N) is 1. The van der Waals surface area contributed by atoms with Gasteiger partial charge < -0.3 is 5.32 Å². The van der Waals surface area contributed by atoms with Gasteiger partial charge in [0.15, 0.2) is 7.26 Å². The molecular formula is C22H21ClNO5PS2. The molecule has 1 amide bonds. The summed E-state index contributed by atoms with van der Waals surface area (Å²) < 4.78 is 33.5. The number of halogens is 1. The molecule has 168 valence electrons. The normalized spacial score (nSPS) is 21.8. The Morgan fingerprint density at radius 3 is 1.97 bits per heavy atom. The summed E-state index contributed by atoms with van der Waals surface area (Å²) in [5, 5.41) is 7.08. The molecule has 10 heteroatoms. The van der Waals surface area contributed by atoms with Crippen LogP contribution in [0.3, 0.4) is 0 Å². The van der Waals surface area contributed by atoms with E-state index in [0.29, 0.717) is 0 Å². The molecule has 0 saturated carbocycles. The van der Waals surface area contributed by atoms with Crippen molar-refractivity contribution in [1.82, 2.24) is 5.32 Å². The number of hydrogen-bond acceptors (Lipinski definition) is 7. The highest BCUT2D eigenvalue weighted by Crippen LogP contribution is 2.75. The average molecular weight is 510 g/mol. The Labute approximate surface area is 199 Å². The molecule has 32 heavy (non-hydrogen) atoms. The zero-order valence-corrected chi connectivity index (χ0v) is 20.6. The topological polar surface area (TPSA) is 121 Å². The van der Waals surface area contributed by atoms with Gasteiger partial charge in [-0.3, -0.25) is 4.79 Å². The van der Waals surface area contributed by atoms with Gasteiger partial charge in [0.25, 0.3) is 0 Å². The van der Waals surface area contributed by atoms with Crippen LogP contribution < -0.4 is 39.9 Å². The fraction of sp³-hybridized carbons (Fsp3) is 0.136. The first-order valence-electron chi connectivity index (χ1n) is 9.41. The minimum Gasteiger partial charge on any atom is -0.310 e. The summed E-state index contributed by atoms with van der Waals surface area (Å²) in [6.45, 7) is 3.77. The Kier molecular flexibility index (Phi) is 7.59. The van der Waals surface area contributed by atoms with Gasteiger partial charge in [0.1, 0.15) is 15.9 Å². The van der Waals surface area contributed by atoms with E-state index < -0.39 is 22.1 Å². The summed E-state index contributed by atoms with van der Waals surface area (Å²) in [6.07, 6.45) is 0. The highest BCUT2D eigenvalue weighted by Gasteiger charge is 2.67. The maximum Gasteiger partial charge on any atom is 0.220 e. The SMILES string of the molecule is CC(=O)N[C@@]1(C)Sc2ccccc2[P+]1(c1ccccc1)c1ccccc1S.[O-][Cl+3]([O-])([O-])[O-]. The fourth-order valence-electron chi connectivity index (χ4n) is 4.05. The fourth-order valence-corrected chi connectivity index (χ4v) is 12.5. The molecule has 1 aliphatic rings. The predicted octanol–water partition coefficient (Wildman–Crippen LogP) is -0.571. The number of carbonyl (C=O) groups is 1. The molecule has 3 aromatic carbocycles. The number of amides is 1. The van der Waals surface area contributed by atoms with Gasteiger partial charge in [-0.05, 0) is 36.4 Å². The molecule has 2 atom stereocenters. The van der Waals surface area contributed by atoms with Crippen molar-refractivity contribution in [2.75, 3.05) is 0 Å². The zero-order chi connectivity index (χ0) is 23.6. The van der Waals surface area contributed by atoms with E-state index in [-0.39, 0.29) is 5.91 Å². The van der Waals surface area contributed by atoms with Crippen LogP contribution >= 0.6 is 31.7 Å². The highest BCUT2D eigenvalue weighted by molar-refractivity contribution is 8.18. The van der Waals surface area contributed by atoms with E-state index in [1.807, 2.05) is 18.2 Å². The van der Waals surface area contributed by atoms with Crippen molar-refractivity contribution < 1.29 is 33.7 Å². The van der Waals surface area contributed by atoms with Gasteiger partial charge in [-0.15, -0.1) is 22.9 Å². The van der Waals surface area contributed by atoms with Gasteiger partial charge in [0.2, 0.25) is 10.5 Å². The van der Waals surface area contributed by atoms with E-state index >= 15 is 0 Å². The first kappa shape index (κ1) is 25.0. The molecule has 0 fully saturated rings. The van der Waals surface area contributed by atoms with E-state index in [1.54, 1.807) is 18.7 Å². The van der Waals surface area contributed by atoms with Crippen LogP contribution in [0.5, 0.6) is 0 Å². The number of rotatable bonds is 3. The predicted molar refractivity (Wildman–Crippen MR) is 120 cm³/mol. The van der Waals surface area contributed by atoms with Crippen LogP contribution in [0.25, 0.3) is 0 Å². The average Bonchev–Trinajstić information content (AvgIpc) is 2.95. The summed E-state index contributed by atoms with van der Waals surface area (Å²) in [5.41, 5.74) is 0. The van der Waals surface area contributed by atoms with Crippen LogP contribution in [0.1, 0.15) is 13.8 Å². The monoisotopic (exact) mass is 509 g/mol. The molecule has 4 rings (SSSR count). The Balaban J connectivity index is 0.000000523. The molecule has 0 spiro atoms. The van der Waals surface area contributed by atoms with Crippen molar-refractivity contribution in [1.29, 1.82) is 0 Å². The number of hydrogen-bond donors (Lipinski definition) is 2. The molecule has 3 aromatic rings. The third kappa shape index (κ3) is 4.98. The molecule has 0 radical (unpaired) electrons. The lowest BCUT2D eigenvalue weighted by Gasteiger charge is -2.37. The third-order valence-electron chi connectivity index (χ3n) is 4.97. The first-order valence-corrected chi connectivity index (χ1v) is 13.7. The second-order valence-corrected chi connectivity index (χ2v) is 13.8. The van der Waals surface area contributed by atoms with Gasteiger partial charge in [0.05, 0.1) is 4.90 Å². The number of carbonyl (C=O) groups excluding carboxylic acids is 1. The largest absolute Gasteiger partial charge is 0.310 e. The minimum atomic E-state index is -4.94. The second-order valence-electron chi connectivity index (χ2n) is 7.11. The quantitative estimate of drug-likeness (QED) is 0.360. The summed E-state index contributed by atoms with van der Waals surface area (Å²) in [5.74, 6) is -0.0187. The van der Waals surface area contributed by atoms with Crippen molar-refractivity contribution in [2.24, 2.45) is 0 Å². The summed E-state index contributed by atoms with van der Waals surface area (Å²) >= 11 is 6.60. The lowest BCUT2D eigenvalue weighted by molar-refractivity contribution is -2.00. The molecule has 1 heterocycles. The molecule has 0 aromatic heterocycles. The third-order valence-corrected chi connectivity index (χ3v) is 12.5. The Hall–Kier alpha value is -1.61. The Morgan fingerprint density at radius 2 is 1.41 bits per heavy atom. The summed E-state index contributed by atoms with van der Waals surface area (Å²) in [6, 6.07) is 27.4. The molecule has 1 unspecified atom stereocenters. The van der Waals surface area contributed by atoms with E-state index in [4.69, 9.17) is 31.3 Å². The van der Waals surface area contributed by atoms with Crippen LogP contribution in [-0.2, 0) is 4.79 Å². The number of thiol groups is 1. The molecule has 0 bridgehead atoms. The molecule has 1 aliphatic heterocycles. The molecular weight excluding hydrogens is 489 g/mol. The highest BCUT2D eigenvalue weighted by atomic mass is 35.7. The maximum atomic E-state index is 12.3. The first-order chi connectivity index (χ1) is 15.0. The number of benzene rings is 3. The lowest BCUT2D eigenvalue weighted by atomic mass is 10.3. The number of thioether (sulfide) groups is 1. The minimum absolute atomic E-state index is 0.0187. The Morgan fingerprint density at radius 1 is 0.906 bits per heavy atom. The van der Waals surface area contributed by atoms with E-state index in [0.717, 1.165) is 4.90 Å².